The van der Waals surface area contributed by atoms with E-state index in [-0.39, 0.29) is 6.61 Å². The number of hydrogen-bond acceptors (Lipinski definition) is 8. The van der Waals surface area contributed by atoms with Crippen molar-refractivity contribution in [1.82, 2.24) is 24.8 Å². The highest BCUT2D eigenvalue weighted by atomic mass is 16.3. The van der Waals surface area contributed by atoms with Crippen LogP contribution in [0.2, 0.25) is 0 Å². The molecule has 3 heterocycles. The van der Waals surface area contributed by atoms with E-state index in [1.807, 2.05) is 24.4 Å². The first kappa shape index (κ1) is 27.7. The molecule has 8 nitrogen and oxygen atoms in total. The Hall–Kier alpha value is -4.11. The van der Waals surface area contributed by atoms with Gasteiger partial charge in [0, 0.05) is 80.0 Å². The molecule has 3 N–H and O–H groups in total. The third-order valence-corrected chi connectivity index (χ3v) is 8.96. The summed E-state index contributed by atoms with van der Waals surface area (Å²) >= 11 is 0. The van der Waals surface area contributed by atoms with Gasteiger partial charge in [-0.3, -0.25) is 14.8 Å². The number of aryl methyl sites for hydroxylation is 2. The minimum absolute atomic E-state index is 0.246. The van der Waals surface area contributed by atoms with Crippen molar-refractivity contribution in [2.75, 3.05) is 50.0 Å². The monoisotopic (exact) mass is 573 g/mol. The normalized spacial score (nSPS) is 18.4. The van der Waals surface area contributed by atoms with E-state index < -0.39 is 0 Å². The van der Waals surface area contributed by atoms with Crippen LogP contribution in [-0.4, -0.2) is 69.2 Å². The molecule has 43 heavy (non-hydrogen) atoms. The highest BCUT2D eigenvalue weighted by Crippen LogP contribution is 2.41. The Labute approximate surface area is 253 Å². The molecule has 0 spiro atoms. The number of aromatic nitrogens is 3. The van der Waals surface area contributed by atoms with Crippen molar-refractivity contribution < 1.29 is 5.11 Å². The number of nitrogens with one attached hydrogen (secondary N) is 2. The molecule has 0 radical (unpaired) electrons. The minimum atomic E-state index is 0.246. The van der Waals surface area contributed by atoms with E-state index in [0.29, 0.717) is 12.0 Å². The number of fused-ring (bicyclic) bond motifs is 1. The van der Waals surface area contributed by atoms with Crippen LogP contribution in [0.3, 0.4) is 0 Å². The lowest BCUT2D eigenvalue weighted by molar-refractivity contribution is 0.0837. The van der Waals surface area contributed by atoms with Crippen LogP contribution in [0.5, 0.6) is 0 Å². The lowest BCUT2D eigenvalue weighted by Gasteiger charge is -2.38. The van der Waals surface area contributed by atoms with Gasteiger partial charge in [-0.2, -0.15) is 0 Å². The van der Waals surface area contributed by atoms with Gasteiger partial charge in [-0.1, -0.05) is 18.2 Å². The molecule has 0 amide bonds. The Morgan fingerprint density at radius 2 is 1.86 bits per heavy atom. The van der Waals surface area contributed by atoms with Crippen molar-refractivity contribution >= 4 is 23.0 Å². The molecule has 1 unspecified atom stereocenters. The van der Waals surface area contributed by atoms with Gasteiger partial charge in [-0.15, -0.1) is 0 Å². The van der Waals surface area contributed by atoms with E-state index in [1.54, 1.807) is 12.4 Å². The van der Waals surface area contributed by atoms with E-state index in [4.69, 9.17) is 4.98 Å². The summed E-state index contributed by atoms with van der Waals surface area (Å²) in [5.41, 5.74) is 11.9. The number of anilines is 3. The summed E-state index contributed by atoms with van der Waals surface area (Å²) in [5, 5.41) is 16.5. The maximum Gasteiger partial charge on any atom is 0.227 e. The van der Waals surface area contributed by atoms with Crippen molar-refractivity contribution in [3.63, 3.8) is 0 Å². The quantitative estimate of drug-likeness (QED) is 0.231. The molecular formula is C35H39N7O. The van der Waals surface area contributed by atoms with Gasteiger partial charge in [0.05, 0.1) is 12.3 Å². The Morgan fingerprint density at radius 3 is 2.65 bits per heavy atom. The number of β-amino-alcohol motifs (C(OH)–C–C–N with tert-alkyl or cyclic N) is 1. The molecule has 1 saturated heterocycles. The molecule has 2 aromatic carbocycles. The molecule has 7 rings (SSSR count). The number of piperazine rings is 1. The summed E-state index contributed by atoms with van der Waals surface area (Å²) < 4.78 is 0. The molecule has 1 aliphatic heterocycles. The molecule has 2 fully saturated rings. The Bertz CT molecular complexity index is 1620. The van der Waals surface area contributed by atoms with Gasteiger partial charge in [0.1, 0.15) is 0 Å². The Morgan fingerprint density at radius 1 is 0.977 bits per heavy atom. The fraction of sp³-hybridized carbons (Fsp3) is 0.343. The van der Waals surface area contributed by atoms with Gasteiger partial charge in [-0.05, 0) is 96.8 Å². The predicted octanol–water partition coefficient (Wildman–Crippen LogP) is 5.80. The number of pyridine rings is 1. The van der Waals surface area contributed by atoms with Crippen LogP contribution < -0.4 is 10.6 Å². The highest BCUT2D eigenvalue weighted by molar-refractivity contribution is 5.83. The number of nitrogens with zero attached hydrogens (tertiary/aromatic N) is 5. The number of hydrogen-bond donors (Lipinski definition) is 3. The Balaban J connectivity index is 1.07. The third kappa shape index (κ3) is 6.18. The summed E-state index contributed by atoms with van der Waals surface area (Å²) in [4.78, 5) is 18.4. The summed E-state index contributed by atoms with van der Waals surface area (Å²) in [6.07, 6.45) is 9.97. The average Bonchev–Trinajstić information content (AvgIpc) is 3.80. The zero-order valence-corrected chi connectivity index (χ0v) is 24.8. The molecular weight excluding hydrogens is 534 g/mol. The molecule has 1 saturated carbocycles. The molecule has 1 atom stereocenters. The summed E-state index contributed by atoms with van der Waals surface area (Å²) in [6.45, 7) is 7.36. The van der Waals surface area contributed by atoms with Crippen molar-refractivity contribution in [3.05, 3.63) is 101 Å². The van der Waals surface area contributed by atoms with Crippen LogP contribution in [0.4, 0.5) is 17.3 Å². The first-order valence-corrected chi connectivity index (χ1v) is 15.5. The number of rotatable bonds is 9. The third-order valence-electron chi connectivity index (χ3n) is 8.96. The van der Waals surface area contributed by atoms with Crippen LogP contribution >= 0.6 is 0 Å². The van der Waals surface area contributed by atoms with E-state index in [0.717, 1.165) is 80.2 Å². The summed E-state index contributed by atoms with van der Waals surface area (Å²) in [5.74, 6) is 0.561. The largest absolute Gasteiger partial charge is 0.395 e. The topological polar surface area (TPSA) is 89.4 Å². The fourth-order valence-electron chi connectivity index (χ4n) is 6.44. The molecule has 0 bridgehead atoms. The molecule has 4 aromatic rings. The fourth-order valence-corrected chi connectivity index (χ4v) is 6.44. The SMILES string of the molecule is Cc1ccc(NC(=C2CC2)c2ccc3c(c2)CCC3N2CCN(CCO)CC2)cc1Nc1nccc(-c2cccnc2)n1. The smallest absolute Gasteiger partial charge is 0.227 e. The molecule has 8 heteroatoms. The van der Waals surface area contributed by atoms with Crippen LogP contribution in [0.15, 0.2) is 78.8 Å². The van der Waals surface area contributed by atoms with Gasteiger partial charge in [-0.25, -0.2) is 9.97 Å². The number of benzene rings is 2. The van der Waals surface area contributed by atoms with Gasteiger partial charge in [0.2, 0.25) is 5.95 Å². The van der Waals surface area contributed by atoms with Gasteiger partial charge >= 0.3 is 0 Å². The van der Waals surface area contributed by atoms with Crippen LogP contribution in [0, 0.1) is 6.92 Å². The van der Waals surface area contributed by atoms with E-state index >= 15 is 0 Å². The first-order valence-electron chi connectivity index (χ1n) is 15.5. The van der Waals surface area contributed by atoms with Crippen molar-refractivity contribution in [2.24, 2.45) is 0 Å². The van der Waals surface area contributed by atoms with Gasteiger partial charge in [0.25, 0.3) is 0 Å². The minimum Gasteiger partial charge on any atom is -0.395 e. The van der Waals surface area contributed by atoms with Crippen LogP contribution in [0.25, 0.3) is 17.0 Å². The van der Waals surface area contributed by atoms with E-state index in [1.165, 1.54) is 34.4 Å². The lowest BCUT2D eigenvalue weighted by Crippen LogP contribution is -2.47. The second-order valence-electron chi connectivity index (χ2n) is 11.8. The van der Waals surface area contributed by atoms with Crippen molar-refractivity contribution in [1.29, 1.82) is 0 Å². The summed E-state index contributed by atoms with van der Waals surface area (Å²) in [6, 6.07) is 19.9. The van der Waals surface area contributed by atoms with E-state index in [9.17, 15) is 5.11 Å². The maximum atomic E-state index is 9.29. The van der Waals surface area contributed by atoms with E-state index in [2.05, 4.69) is 73.7 Å². The number of aliphatic hydroxyl groups is 1. The van der Waals surface area contributed by atoms with Crippen molar-refractivity contribution in [3.8, 4) is 11.3 Å². The second kappa shape index (κ2) is 12.2. The molecule has 3 aliphatic rings. The lowest BCUT2D eigenvalue weighted by atomic mass is 10.0. The average molecular weight is 574 g/mol. The molecule has 2 aromatic heterocycles. The molecule has 2 aliphatic carbocycles. The van der Waals surface area contributed by atoms with Gasteiger partial charge in [0.15, 0.2) is 0 Å². The Kier molecular flexibility index (Phi) is 7.89. The standard InChI is InChI=1S/C35H39N7O/c1-24-4-9-29(22-32(24)40-35-37-14-12-31(39-35)28-3-2-13-36-23-28)38-34(25-5-6-25)27-7-10-30-26(21-27)8-11-33(30)42-17-15-41(16-18-42)19-20-43/h2-4,7,9-10,12-14,21-23,33,38,43H,5-6,8,11,15-20H2,1H3,(H,37,39,40). The number of allylic oxidation sites excluding steroid dienone is 1. The van der Waals surface area contributed by atoms with Crippen LogP contribution in [0.1, 0.15) is 47.6 Å². The first-order chi connectivity index (χ1) is 21.1. The predicted molar refractivity (Wildman–Crippen MR) is 172 cm³/mol. The second-order valence-corrected chi connectivity index (χ2v) is 11.8. The van der Waals surface area contributed by atoms with Gasteiger partial charge < -0.3 is 15.7 Å². The zero-order valence-electron chi connectivity index (χ0n) is 24.8. The maximum absolute atomic E-state index is 9.29. The molecule has 220 valence electrons. The number of aliphatic hydroxyl groups excluding tert-OH is 1. The summed E-state index contributed by atoms with van der Waals surface area (Å²) in [7, 11) is 0. The highest BCUT2D eigenvalue weighted by Gasteiger charge is 2.31. The zero-order chi connectivity index (χ0) is 29.2. The van der Waals surface area contributed by atoms with Crippen molar-refractivity contribution in [2.45, 2.75) is 38.6 Å². The van der Waals surface area contributed by atoms with Crippen LogP contribution in [-0.2, 0) is 6.42 Å².